The maximum absolute atomic E-state index is 13.1. The van der Waals surface area contributed by atoms with E-state index in [1.165, 1.54) is 0 Å². The second-order valence-corrected chi connectivity index (χ2v) is 4.65. The molecule has 1 amide bonds. The average molecular weight is 276 g/mol. The van der Waals surface area contributed by atoms with Gasteiger partial charge in [-0.25, -0.2) is 8.78 Å². The number of hydrogen-bond acceptors (Lipinski definition) is 2. The molecule has 1 heterocycles. The van der Waals surface area contributed by atoms with Crippen LogP contribution in [0.3, 0.4) is 0 Å². The summed E-state index contributed by atoms with van der Waals surface area (Å²) >= 11 is 0. The molecular weight excluding hydrogens is 262 g/mol. The quantitative estimate of drug-likeness (QED) is 0.911. The van der Waals surface area contributed by atoms with Gasteiger partial charge >= 0.3 is 0 Å². The van der Waals surface area contributed by atoms with Gasteiger partial charge in [0, 0.05) is 17.3 Å². The third-order valence-corrected chi connectivity index (χ3v) is 2.89. The van der Waals surface area contributed by atoms with Crippen LogP contribution in [0.2, 0.25) is 0 Å². The summed E-state index contributed by atoms with van der Waals surface area (Å²) in [6.45, 7) is 5.46. The van der Waals surface area contributed by atoms with Crippen LogP contribution in [0, 0.1) is 32.4 Å². The van der Waals surface area contributed by atoms with Crippen molar-refractivity contribution in [2.24, 2.45) is 0 Å². The number of rotatable bonds is 2. The van der Waals surface area contributed by atoms with Crippen LogP contribution in [0.25, 0.3) is 0 Å². The van der Waals surface area contributed by atoms with E-state index in [2.05, 4.69) is 10.3 Å². The molecule has 1 N–H and O–H groups in total. The molecule has 0 unspecified atom stereocenters. The SMILES string of the molecule is Cc1cc(C)c(NC(=O)c2cc(F)cc(F)c2)c(C)n1. The Morgan fingerprint density at radius 1 is 1.05 bits per heavy atom. The standard InChI is InChI=1S/C15H14F2N2O/c1-8-4-9(2)18-10(3)14(8)19-15(20)11-5-12(16)7-13(17)6-11/h4-7H,1-3H3,(H,19,20). The highest BCUT2D eigenvalue weighted by Gasteiger charge is 2.13. The zero-order valence-electron chi connectivity index (χ0n) is 11.4. The lowest BCUT2D eigenvalue weighted by molar-refractivity contribution is 0.102. The van der Waals surface area contributed by atoms with Crippen LogP contribution in [0.15, 0.2) is 24.3 Å². The summed E-state index contributed by atoms with van der Waals surface area (Å²) in [7, 11) is 0. The molecule has 2 rings (SSSR count). The van der Waals surface area contributed by atoms with Gasteiger partial charge in [0.1, 0.15) is 11.6 Å². The molecule has 1 aromatic heterocycles. The number of halogens is 2. The average Bonchev–Trinajstić information content (AvgIpc) is 2.32. The van der Waals surface area contributed by atoms with Gasteiger partial charge in [0.25, 0.3) is 5.91 Å². The van der Waals surface area contributed by atoms with Crippen molar-refractivity contribution in [1.29, 1.82) is 0 Å². The Bertz CT molecular complexity index is 640. The third kappa shape index (κ3) is 2.99. The molecule has 0 spiro atoms. The van der Waals surface area contributed by atoms with Crippen LogP contribution in [-0.4, -0.2) is 10.9 Å². The van der Waals surface area contributed by atoms with E-state index in [0.29, 0.717) is 11.4 Å². The molecular formula is C15H14F2N2O. The Morgan fingerprint density at radius 2 is 1.65 bits per heavy atom. The summed E-state index contributed by atoms with van der Waals surface area (Å²) in [6.07, 6.45) is 0. The molecule has 0 saturated carbocycles. The summed E-state index contributed by atoms with van der Waals surface area (Å²) in [5, 5.41) is 2.64. The summed E-state index contributed by atoms with van der Waals surface area (Å²) in [6, 6.07) is 4.53. The van der Waals surface area contributed by atoms with Crippen molar-refractivity contribution in [1.82, 2.24) is 4.98 Å². The number of anilines is 1. The van der Waals surface area contributed by atoms with Gasteiger partial charge in [-0.3, -0.25) is 9.78 Å². The normalized spacial score (nSPS) is 10.4. The van der Waals surface area contributed by atoms with E-state index in [-0.39, 0.29) is 5.56 Å². The molecule has 0 bridgehead atoms. The first kappa shape index (κ1) is 14.1. The first-order valence-corrected chi connectivity index (χ1v) is 6.09. The van der Waals surface area contributed by atoms with E-state index in [1.807, 2.05) is 19.9 Å². The lowest BCUT2D eigenvalue weighted by atomic mass is 10.1. The molecule has 2 aromatic rings. The zero-order valence-corrected chi connectivity index (χ0v) is 11.4. The van der Waals surface area contributed by atoms with Gasteiger partial charge in [0.05, 0.1) is 11.4 Å². The molecule has 0 fully saturated rings. The van der Waals surface area contributed by atoms with Crippen molar-refractivity contribution in [2.75, 3.05) is 5.32 Å². The predicted molar refractivity (Wildman–Crippen MR) is 72.8 cm³/mol. The Balaban J connectivity index is 2.32. The van der Waals surface area contributed by atoms with Crippen LogP contribution in [0.4, 0.5) is 14.5 Å². The van der Waals surface area contributed by atoms with E-state index in [4.69, 9.17) is 0 Å². The van der Waals surface area contributed by atoms with Crippen LogP contribution in [0.1, 0.15) is 27.3 Å². The van der Waals surface area contributed by atoms with Gasteiger partial charge in [-0.05, 0) is 44.5 Å². The molecule has 0 aliphatic carbocycles. The van der Waals surface area contributed by atoms with Crippen molar-refractivity contribution in [2.45, 2.75) is 20.8 Å². The van der Waals surface area contributed by atoms with Crippen molar-refractivity contribution >= 4 is 11.6 Å². The number of benzene rings is 1. The number of carbonyl (C=O) groups is 1. The number of nitrogens with zero attached hydrogens (tertiary/aromatic N) is 1. The Hall–Kier alpha value is -2.30. The largest absolute Gasteiger partial charge is 0.320 e. The highest BCUT2D eigenvalue weighted by atomic mass is 19.1. The highest BCUT2D eigenvalue weighted by molar-refractivity contribution is 6.04. The zero-order chi connectivity index (χ0) is 14.9. The Morgan fingerprint density at radius 3 is 2.20 bits per heavy atom. The first-order valence-electron chi connectivity index (χ1n) is 6.09. The smallest absolute Gasteiger partial charge is 0.255 e. The number of nitrogens with one attached hydrogen (secondary N) is 1. The summed E-state index contributed by atoms with van der Waals surface area (Å²) < 4.78 is 26.2. The van der Waals surface area contributed by atoms with E-state index < -0.39 is 17.5 Å². The Labute approximate surface area is 115 Å². The topological polar surface area (TPSA) is 42.0 Å². The van der Waals surface area contributed by atoms with E-state index >= 15 is 0 Å². The Kier molecular flexibility index (Phi) is 3.79. The minimum Gasteiger partial charge on any atom is -0.320 e. The van der Waals surface area contributed by atoms with E-state index in [0.717, 1.165) is 29.5 Å². The van der Waals surface area contributed by atoms with Crippen LogP contribution >= 0.6 is 0 Å². The van der Waals surface area contributed by atoms with Crippen molar-refractivity contribution < 1.29 is 13.6 Å². The molecule has 3 nitrogen and oxygen atoms in total. The number of carbonyl (C=O) groups excluding carboxylic acids is 1. The minimum absolute atomic E-state index is 0.0677. The molecule has 1 aromatic carbocycles. The number of aryl methyl sites for hydroxylation is 3. The monoisotopic (exact) mass is 276 g/mol. The van der Waals surface area contributed by atoms with Gasteiger partial charge in [-0.1, -0.05) is 0 Å². The van der Waals surface area contributed by atoms with Crippen LogP contribution in [0.5, 0.6) is 0 Å². The van der Waals surface area contributed by atoms with E-state index in [1.54, 1.807) is 6.92 Å². The van der Waals surface area contributed by atoms with Crippen molar-refractivity contribution in [3.05, 3.63) is 58.4 Å². The number of aromatic nitrogens is 1. The molecule has 5 heteroatoms. The molecule has 104 valence electrons. The van der Waals surface area contributed by atoms with Gasteiger partial charge < -0.3 is 5.32 Å². The second-order valence-electron chi connectivity index (χ2n) is 4.65. The fourth-order valence-corrected chi connectivity index (χ4v) is 2.08. The molecule has 20 heavy (non-hydrogen) atoms. The summed E-state index contributed by atoms with van der Waals surface area (Å²) in [4.78, 5) is 16.3. The van der Waals surface area contributed by atoms with Gasteiger partial charge in [-0.15, -0.1) is 0 Å². The maximum Gasteiger partial charge on any atom is 0.255 e. The van der Waals surface area contributed by atoms with Gasteiger partial charge in [0.15, 0.2) is 0 Å². The molecule has 0 saturated heterocycles. The molecule has 0 aliphatic rings. The lowest BCUT2D eigenvalue weighted by Gasteiger charge is -2.12. The molecule has 0 aliphatic heterocycles. The fourth-order valence-electron chi connectivity index (χ4n) is 2.08. The first-order chi connectivity index (χ1) is 9.36. The third-order valence-electron chi connectivity index (χ3n) is 2.89. The molecule has 0 atom stereocenters. The molecule has 0 radical (unpaired) electrons. The summed E-state index contributed by atoms with van der Waals surface area (Å²) in [5.74, 6) is -2.14. The second kappa shape index (κ2) is 5.36. The van der Waals surface area contributed by atoms with E-state index in [9.17, 15) is 13.6 Å². The maximum atomic E-state index is 13.1. The summed E-state index contributed by atoms with van der Waals surface area (Å²) in [5.41, 5.74) is 2.84. The van der Waals surface area contributed by atoms with Gasteiger partial charge in [0.2, 0.25) is 0 Å². The predicted octanol–water partition coefficient (Wildman–Crippen LogP) is 3.54. The number of pyridine rings is 1. The number of amides is 1. The van der Waals surface area contributed by atoms with Crippen LogP contribution in [-0.2, 0) is 0 Å². The van der Waals surface area contributed by atoms with Gasteiger partial charge in [-0.2, -0.15) is 0 Å². The minimum atomic E-state index is -0.786. The van der Waals surface area contributed by atoms with Crippen molar-refractivity contribution in [3.63, 3.8) is 0 Å². The highest BCUT2D eigenvalue weighted by Crippen LogP contribution is 2.20. The van der Waals surface area contributed by atoms with Crippen LogP contribution < -0.4 is 5.32 Å². The lowest BCUT2D eigenvalue weighted by Crippen LogP contribution is -2.15. The number of hydrogen-bond donors (Lipinski definition) is 1. The van der Waals surface area contributed by atoms with Crippen molar-refractivity contribution in [3.8, 4) is 0 Å². The fraction of sp³-hybridized carbons (Fsp3) is 0.200.